The monoisotopic (exact) mass is 540 g/mol. The number of para-hydroxylation sites is 1. The molecule has 0 aliphatic carbocycles. The molecule has 1 aliphatic heterocycles. The quantitative estimate of drug-likeness (QED) is 0.351. The van der Waals surface area contributed by atoms with E-state index in [9.17, 15) is 13.2 Å². The van der Waals surface area contributed by atoms with Gasteiger partial charge in [0, 0.05) is 31.1 Å². The van der Waals surface area contributed by atoms with Crippen LogP contribution in [0.4, 0.5) is 5.69 Å². The van der Waals surface area contributed by atoms with E-state index in [0.29, 0.717) is 46.7 Å². The predicted molar refractivity (Wildman–Crippen MR) is 142 cm³/mol. The maximum absolute atomic E-state index is 13.7. The highest BCUT2D eigenvalue weighted by Crippen LogP contribution is 2.34. The minimum absolute atomic E-state index is 0.229. The minimum atomic E-state index is -3.51. The van der Waals surface area contributed by atoms with E-state index in [2.05, 4.69) is 5.10 Å². The number of methoxy groups -OCH3 is 1. The molecule has 0 radical (unpaired) electrons. The first kappa shape index (κ1) is 24.6. The van der Waals surface area contributed by atoms with Crippen LogP contribution in [0.2, 0.25) is 0 Å². The molecule has 0 N–H and O–H groups in total. The molecule has 2 aromatic heterocycles. The Labute approximate surface area is 217 Å². The third kappa shape index (κ3) is 4.92. The maximum Gasteiger partial charge on any atom is 0.287 e. The lowest BCUT2D eigenvalue weighted by molar-refractivity contribution is 0.385. The van der Waals surface area contributed by atoms with E-state index in [4.69, 9.17) is 4.74 Å². The zero-order chi connectivity index (χ0) is 25.1. The number of nitrogens with zero attached hydrogens (tertiary/aromatic N) is 4. The molecule has 0 spiro atoms. The van der Waals surface area contributed by atoms with Gasteiger partial charge in [-0.1, -0.05) is 36.0 Å². The van der Waals surface area contributed by atoms with Gasteiger partial charge in [-0.15, -0.1) is 11.3 Å². The van der Waals surface area contributed by atoms with Gasteiger partial charge < -0.3 is 9.64 Å². The number of hydrogen-bond donors (Lipinski definition) is 0. The number of hydrogen-bond acceptors (Lipinski definition) is 8. The Bertz CT molecular complexity index is 1480. The fourth-order valence-corrected chi connectivity index (χ4v) is 7.51. The summed E-state index contributed by atoms with van der Waals surface area (Å²) in [5.74, 6) is 0.735. The van der Waals surface area contributed by atoms with Gasteiger partial charge in [-0.2, -0.15) is 14.1 Å². The summed E-state index contributed by atoms with van der Waals surface area (Å²) in [5.41, 5.74) is 1.15. The molecular weight excluding hydrogens is 517 g/mol. The number of aromatic nitrogens is 2. The Hall–Kier alpha value is -3.12. The predicted octanol–water partition coefficient (Wildman–Crippen LogP) is 3.96. The second kappa shape index (κ2) is 10.5. The summed E-state index contributed by atoms with van der Waals surface area (Å²) in [6.07, 6.45) is 1.70. The smallest absolute Gasteiger partial charge is 0.287 e. The molecule has 2 aromatic carbocycles. The van der Waals surface area contributed by atoms with Gasteiger partial charge in [-0.05, 0) is 47.8 Å². The van der Waals surface area contributed by atoms with Crippen molar-refractivity contribution < 1.29 is 13.2 Å². The van der Waals surface area contributed by atoms with Crippen LogP contribution < -0.4 is 15.2 Å². The largest absolute Gasteiger partial charge is 0.497 e. The number of rotatable bonds is 7. The highest BCUT2D eigenvalue weighted by molar-refractivity contribution is 7.99. The second-order valence-electron chi connectivity index (χ2n) is 8.01. The van der Waals surface area contributed by atoms with Crippen molar-refractivity contribution in [2.24, 2.45) is 0 Å². The average Bonchev–Trinajstić information content (AvgIpc) is 3.47. The molecule has 0 unspecified atom stereocenters. The van der Waals surface area contributed by atoms with Crippen LogP contribution in [0.15, 0.2) is 97.1 Å². The summed E-state index contributed by atoms with van der Waals surface area (Å²) >= 11 is 2.58. The van der Waals surface area contributed by atoms with Crippen LogP contribution in [0, 0.1) is 0 Å². The zero-order valence-electron chi connectivity index (χ0n) is 19.5. The molecule has 1 fully saturated rings. The lowest BCUT2D eigenvalue weighted by Gasteiger charge is -2.35. The summed E-state index contributed by atoms with van der Waals surface area (Å²) < 4.78 is 34.4. The van der Waals surface area contributed by atoms with E-state index in [1.54, 1.807) is 30.8 Å². The van der Waals surface area contributed by atoms with E-state index in [1.807, 2.05) is 59.5 Å². The van der Waals surface area contributed by atoms with Gasteiger partial charge in [-0.25, -0.2) is 8.42 Å². The van der Waals surface area contributed by atoms with Gasteiger partial charge in [-0.3, -0.25) is 4.79 Å². The Morgan fingerprint density at radius 1 is 0.944 bits per heavy atom. The van der Waals surface area contributed by atoms with E-state index in [-0.39, 0.29) is 5.56 Å². The van der Waals surface area contributed by atoms with Crippen molar-refractivity contribution in [3.05, 3.63) is 88.7 Å². The number of ether oxygens (including phenoxy) is 1. The molecule has 1 aliphatic rings. The Balaban J connectivity index is 1.46. The lowest BCUT2D eigenvalue weighted by Crippen LogP contribution is -2.49. The topological polar surface area (TPSA) is 84.7 Å². The van der Waals surface area contributed by atoms with E-state index in [0.717, 1.165) is 10.6 Å². The second-order valence-corrected chi connectivity index (χ2v) is 12.2. The molecule has 3 heterocycles. The molecule has 1 saturated heterocycles. The summed E-state index contributed by atoms with van der Waals surface area (Å²) in [6.45, 7) is 1.57. The molecule has 5 rings (SSSR count). The zero-order valence-corrected chi connectivity index (χ0v) is 21.9. The molecule has 0 saturated carbocycles. The third-order valence-corrected chi connectivity index (χ3v) is 10.2. The Morgan fingerprint density at radius 2 is 1.67 bits per heavy atom. The van der Waals surface area contributed by atoms with Gasteiger partial charge in [0.05, 0.1) is 24.7 Å². The highest BCUT2D eigenvalue weighted by Gasteiger charge is 2.30. The molecule has 36 heavy (non-hydrogen) atoms. The number of thiophene rings is 1. The van der Waals surface area contributed by atoms with E-state index < -0.39 is 10.0 Å². The fraction of sp³-hybridized carbons (Fsp3) is 0.200. The summed E-state index contributed by atoms with van der Waals surface area (Å²) in [6, 6.07) is 20.2. The standard InChI is InChI=1S/C25H24N4O4S3/c1-33-20-9-11-21(12-10-20)35-24-22(18-26-29(25(24)30)19-6-3-2-4-7-19)27-13-15-28(16-14-27)36(31,32)23-8-5-17-34-23/h2-12,17-18H,13-16H2,1H3. The van der Waals surface area contributed by atoms with Crippen LogP contribution in [-0.2, 0) is 10.0 Å². The third-order valence-electron chi connectivity index (χ3n) is 5.86. The SMILES string of the molecule is COc1ccc(Sc2c(N3CCN(S(=O)(=O)c4cccs4)CC3)cnn(-c3ccccc3)c2=O)cc1. The van der Waals surface area contributed by atoms with Crippen molar-refractivity contribution in [3.63, 3.8) is 0 Å². The molecule has 186 valence electrons. The first-order valence-corrected chi connectivity index (χ1v) is 14.4. The van der Waals surface area contributed by atoms with Crippen molar-refractivity contribution in [2.75, 3.05) is 38.2 Å². The molecule has 4 aromatic rings. The van der Waals surface area contributed by atoms with Gasteiger partial charge in [0.15, 0.2) is 0 Å². The summed E-state index contributed by atoms with van der Waals surface area (Å²) in [5, 5.41) is 6.22. The molecule has 0 bridgehead atoms. The van der Waals surface area contributed by atoms with Crippen molar-refractivity contribution in [2.45, 2.75) is 14.0 Å². The minimum Gasteiger partial charge on any atom is -0.497 e. The fourth-order valence-electron chi connectivity index (χ4n) is 3.97. The van der Waals surface area contributed by atoms with Crippen LogP contribution in [0.25, 0.3) is 5.69 Å². The van der Waals surface area contributed by atoms with Crippen molar-refractivity contribution in [1.82, 2.24) is 14.1 Å². The van der Waals surface area contributed by atoms with Crippen LogP contribution in [0.3, 0.4) is 0 Å². The van der Waals surface area contributed by atoms with E-state index >= 15 is 0 Å². The molecule has 0 amide bonds. The number of anilines is 1. The average molecular weight is 541 g/mol. The first-order valence-electron chi connectivity index (χ1n) is 11.3. The first-order chi connectivity index (χ1) is 17.5. The van der Waals surface area contributed by atoms with Gasteiger partial charge in [0.1, 0.15) is 14.9 Å². The molecule has 0 atom stereocenters. The van der Waals surface area contributed by atoms with Crippen LogP contribution in [0.1, 0.15) is 0 Å². The van der Waals surface area contributed by atoms with Crippen LogP contribution in [-0.4, -0.2) is 55.8 Å². The van der Waals surface area contributed by atoms with Crippen LogP contribution >= 0.6 is 23.1 Å². The molecule has 8 nitrogen and oxygen atoms in total. The molecule has 11 heteroatoms. The van der Waals surface area contributed by atoms with E-state index in [1.165, 1.54) is 32.1 Å². The van der Waals surface area contributed by atoms with Gasteiger partial charge in [0.2, 0.25) is 0 Å². The lowest BCUT2D eigenvalue weighted by atomic mass is 10.3. The summed E-state index contributed by atoms with van der Waals surface area (Å²) in [4.78, 5) is 17.1. The van der Waals surface area contributed by atoms with Gasteiger partial charge >= 0.3 is 0 Å². The number of piperazine rings is 1. The normalized spacial score (nSPS) is 14.6. The summed E-state index contributed by atoms with van der Waals surface area (Å²) in [7, 11) is -1.90. The number of sulfonamides is 1. The van der Waals surface area contributed by atoms with Gasteiger partial charge in [0.25, 0.3) is 15.6 Å². The van der Waals surface area contributed by atoms with Crippen molar-refractivity contribution in [3.8, 4) is 11.4 Å². The Morgan fingerprint density at radius 3 is 2.31 bits per heavy atom. The number of benzene rings is 2. The Kier molecular flexibility index (Phi) is 7.15. The highest BCUT2D eigenvalue weighted by atomic mass is 32.2. The maximum atomic E-state index is 13.7. The van der Waals surface area contributed by atoms with Crippen molar-refractivity contribution in [1.29, 1.82) is 0 Å². The van der Waals surface area contributed by atoms with Crippen molar-refractivity contribution >= 4 is 38.8 Å². The van der Waals surface area contributed by atoms with Crippen LogP contribution in [0.5, 0.6) is 5.75 Å². The molecular formula is C25H24N4O4S3.